The second-order valence-corrected chi connectivity index (χ2v) is 9.78. The molecule has 2 atom stereocenters. The van der Waals surface area contributed by atoms with Gasteiger partial charge in [0.25, 0.3) is 12.3 Å². The Balaban J connectivity index is 1.69. The van der Waals surface area contributed by atoms with Crippen molar-refractivity contribution in [1.29, 1.82) is 0 Å². The molecule has 9 nitrogen and oxygen atoms in total. The van der Waals surface area contributed by atoms with Crippen molar-refractivity contribution >= 4 is 41.4 Å². The van der Waals surface area contributed by atoms with Crippen LogP contribution < -0.4 is 26.6 Å². The first-order valence-electron chi connectivity index (χ1n) is 11.2. The molecule has 0 bridgehead atoms. The zero-order chi connectivity index (χ0) is 26.4. The molecular weight excluding hydrogens is 520 g/mol. The zero-order valence-electron chi connectivity index (χ0n) is 20.0. The number of nitrogens with one attached hydrogen (secondary N) is 3. The number of pyridine rings is 2. The van der Waals surface area contributed by atoms with Gasteiger partial charge in [-0.25, -0.2) is 24.0 Å². The summed E-state index contributed by atoms with van der Waals surface area (Å²) in [4.78, 5) is 21.5. The molecule has 1 aliphatic carbocycles. The number of hydrogen-bond acceptors (Lipinski definition) is 10. The van der Waals surface area contributed by atoms with Gasteiger partial charge in [0.2, 0.25) is 0 Å². The lowest BCUT2D eigenvalue weighted by molar-refractivity contribution is 0.0945. The summed E-state index contributed by atoms with van der Waals surface area (Å²) < 4.78 is 36.5. The van der Waals surface area contributed by atoms with Crippen LogP contribution in [0, 0.1) is 17.8 Å². The molecule has 1 saturated heterocycles. The van der Waals surface area contributed by atoms with Gasteiger partial charge in [-0.15, -0.1) is 0 Å². The molecule has 2 unspecified atom stereocenters. The molecule has 2 fully saturated rings. The van der Waals surface area contributed by atoms with Gasteiger partial charge < -0.3 is 15.8 Å². The Labute approximate surface area is 221 Å². The van der Waals surface area contributed by atoms with Gasteiger partial charge in [-0.1, -0.05) is 23.6 Å². The molecule has 2 aromatic heterocycles. The van der Waals surface area contributed by atoms with Crippen LogP contribution in [-0.2, 0) is 0 Å². The van der Waals surface area contributed by atoms with Gasteiger partial charge in [-0.2, -0.15) is 0 Å². The van der Waals surface area contributed by atoms with Crippen molar-refractivity contribution in [3.63, 3.8) is 0 Å². The number of hydrogen-bond donors (Lipinski definition) is 4. The summed E-state index contributed by atoms with van der Waals surface area (Å²) in [6.45, 7) is 0. The Morgan fingerprint density at radius 3 is 2.78 bits per heavy atom. The molecule has 1 saturated carbocycles. The number of nitrogens with zero attached hydrogens (tertiary/aromatic N) is 3. The van der Waals surface area contributed by atoms with Crippen molar-refractivity contribution in [3.05, 3.63) is 47.7 Å². The number of nitrogens with two attached hydrogens (primary N) is 1. The Bertz CT molecular complexity index is 1280. The molecule has 2 aromatic rings. The van der Waals surface area contributed by atoms with E-state index in [-0.39, 0.29) is 22.3 Å². The summed E-state index contributed by atoms with van der Waals surface area (Å²) in [6, 6.07) is 2.79. The van der Waals surface area contributed by atoms with E-state index in [0.717, 1.165) is 12.8 Å². The maximum Gasteiger partial charge on any atom is 0.280 e. The largest absolute Gasteiger partial charge is 0.494 e. The monoisotopic (exact) mass is 545 g/mol. The number of carbonyl (C=O) groups excluding carboxylic acids is 1. The molecular formula is C24H25F2N7O2S2. The fraction of sp³-hybridized carbons (Fsp3) is 0.333. The number of methoxy groups -OCH3 is 1. The molecule has 2 aliphatic rings. The van der Waals surface area contributed by atoms with Crippen LogP contribution in [0.5, 0.6) is 5.75 Å². The molecule has 194 valence electrons. The Hall–Kier alpha value is -3.18. The van der Waals surface area contributed by atoms with E-state index >= 15 is 0 Å². The number of hydrazine groups is 1. The van der Waals surface area contributed by atoms with Crippen LogP contribution in [-0.4, -0.2) is 46.3 Å². The van der Waals surface area contributed by atoms with E-state index in [1.165, 1.54) is 61.7 Å². The third kappa shape index (κ3) is 6.78. The number of aromatic nitrogens is 2. The van der Waals surface area contributed by atoms with E-state index in [1.807, 2.05) is 0 Å². The second-order valence-electron chi connectivity index (χ2n) is 7.99. The predicted molar refractivity (Wildman–Crippen MR) is 143 cm³/mol. The van der Waals surface area contributed by atoms with E-state index in [4.69, 9.17) is 10.5 Å². The lowest BCUT2D eigenvalue weighted by atomic mass is 9.98. The smallest absolute Gasteiger partial charge is 0.280 e. The van der Waals surface area contributed by atoms with Crippen molar-refractivity contribution in [1.82, 2.24) is 26.1 Å². The van der Waals surface area contributed by atoms with Crippen molar-refractivity contribution in [2.45, 2.75) is 30.1 Å². The van der Waals surface area contributed by atoms with E-state index in [2.05, 4.69) is 42.4 Å². The molecule has 0 aromatic carbocycles. The van der Waals surface area contributed by atoms with Crippen LogP contribution in [0.3, 0.4) is 0 Å². The van der Waals surface area contributed by atoms with Crippen LogP contribution in [0.25, 0.3) is 16.7 Å². The normalized spacial score (nSPS) is 19.6. The van der Waals surface area contributed by atoms with Crippen LogP contribution in [0.2, 0.25) is 0 Å². The molecule has 13 heteroatoms. The zero-order valence-corrected chi connectivity index (χ0v) is 21.6. The van der Waals surface area contributed by atoms with Crippen molar-refractivity contribution in [2.75, 3.05) is 13.4 Å². The van der Waals surface area contributed by atoms with Gasteiger partial charge in [0, 0.05) is 47.5 Å². The van der Waals surface area contributed by atoms with Gasteiger partial charge in [-0.3, -0.25) is 14.8 Å². The molecule has 37 heavy (non-hydrogen) atoms. The number of thioether (sulfide) groups is 1. The fourth-order valence-corrected chi connectivity index (χ4v) is 4.46. The van der Waals surface area contributed by atoms with Crippen LogP contribution in [0.1, 0.15) is 41.0 Å². The highest BCUT2D eigenvalue weighted by atomic mass is 32.2. The molecule has 4 rings (SSSR count). The molecule has 1 amide bonds. The number of amides is 1. The number of halogens is 2. The highest BCUT2D eigenvalue weighted by Gasteiger charge is 2.28. The predicted octanol–water partition coefficient (Wildman–Crippen LogP) is 3.33. The van der Waals surface area contributed by atoms with Crippen molar-refractivity contribution in [3.8, 4) is 28.7 Å². The van der Waals surface area contributed by atoms with Gasteiger partial charge in [-0.05, 0) is 36.9 Å². The van der Waals surface area contributed by atoms with Crippen LogP contribution >= 0.6 is 23.7 Å². The maximum atomic E-state index is 13.5. The molecule has 0 spiro atoms. The Morgan fingerprint density at radius 2 is 2.11 bits per heavy atom. The SMILES string of the molecule is COc1cnc(C(F)F)cc1-c1cc(C(=C/N)/C=N/SC)ncc1C(=O)NC1NNC(C#CC2CC2)S1. The molecule has 3 heterocycles. The Morgan fingerprint density at radius 1 is 1.30 bits per heavy atom. The van der Waals surface area contributed by atoms with Crippen LogP contribution in [0.4, 0.5) is 8.78 Å². The number of ether oxygens (including phenoxy) is 1. The summed E-state index contributed by atoms with van der Waals surface area (Å²) >= 11 is 2.64. The summed E-state index contributed by atoms with van der Waals surface area (Å²) in [5.74, 6) is 6.56. The van der Waals surface area contributed by atoms with E-state index < -0.39 is 23.5 Å². The Kier molecular flexibility index (Phi) is 8.99. The van der Waals surface area contributed by atoms with Gasteiger partial charge in [0.15, 0.2) is 0 Å². The first kappa shape index (κ1) is 26.9. The first-order chi connectivity index (χ1) is 17.9. The minimum Gasteiger partial charge on any atom is -0.494 e. The van der Waals surface area contributed by atoms with Gasteiger partial charge in [0.1, 0.15) is 22.3 Å². The number of allylic oxidation sites excluding steroid dienone is 1. The maximum absolute atomic E-state index is 13.5. The fourth-order valence-electron chi connectivity index (χ4n) is 3.39. The van der Waals surface area contributed by atoms with E-state index in [1.54, 1.807) is 12.3 Å². The van der Waals surface area contributed by atoms with Crippen LogP contribution in [0.15, 0.2) is 35.1 Å². The molecule has 5 N–H and O–H groups in total. The lowest BCUT2D eigenvalue weighted by Gasteiger charge is -2.17. The van der Waals surface area contributed by atoms with Crippen molar-refractivity contribution < 1.29 is 18.3 Å². The number of carbonyl (C=O) groups is 1. The summed E-state index contributed by atoms with van der Waals surface area (Å²) in [5, 5.41) is 2.71. The topological polar surface area (TPSA) is 127 Å². The third-order valence-corrected chi connectivity index (χ3v) is 6.75. The van der Waals surface area contributed by atoms with E-state index in [0.29, 0.717) is 22.7 Å². The first-order valence-corrected chi connectivity index (χ1v) is 13.4. The van der Waals surface area contributed by atoms with Gasteiger partial charge in [0.05, 0.1) is 24.6 Å². The minimum absolute atomic E-state index is 0.154. The average molecular weight is 546 g/mol. The van der Waals surface area contributed by atoms with E-state index in [9.17, 15) is 13.6 Å². The lowest BCUT2D eigenvalue weighted by Crippen LogP contribution is -2.43. The summed E-state index contributed by atoms with van der Waals surface area (Å²) in [6.07, 6.45) is 6.66. The summed E-state index contributed by atoms with van der Waals surface area (Å²) in [7, 11) is 1.40. The molecule has 0 radical (unpaired) electrons. The number of rotatable bonds is 8. The quantitative estimate of drug-likeness (QED) is 0.224. The molecule has 1 aliphatic heterocycles. The second kappa shape index (κ2) is 12.4. The summed E-state index contributed by atoms with van der Waals surface area (Å²) in [5.41, 5.74) is 12.5. The number of alkyl halides is 2. The minimum atomic E-state index is -2.81. The van der Waals surface area contributed by atoms with Crippen molar-refractivity contribution in [2.24, 2.45) is 16.0 Å². The highest BCUT2D eigenvalue weighted by Crippen LogP contribution is 2.35. The third-order valence-electron chi connectivity index (χ3n) is 5.42. The highest BCUT2D eigenvalue weighted by molar-refractivity contribution is 8.00. The average Bonchev–Trinajstić information content (AvgIpc) is 3.64. The standard InChI is InChI=1S/C24H25F2N7O2S2/c1-35-20-12-29-19(22(25)26)8-16(20)15-7-18(14(9-27)10-30-36-2)28-11-17(15)23(34)31-24-33-32-21(37-24)6-5-13-3-4-13/h7-13,21-22,24,32-33H,3-4,27H2,1-2H3,(H,31,34)/b14-9+,30-10+. The van der Waals surface area contributed by atoms with Gasteiger partial charge >= 0.3 is 0 Å².